The van der Waals surface area contributed by atoms with E-state index in [1.54, 1.807) is 9.58 Å². The molecule has 1 saturated carbocycles. The maximum absolute atomic E-state index is 13.3. The van der Waals surface area contributed by atoms with Gasteiger partial charge >= 0.3 is 5.97 Å². The number of rotatable bonds is 3. The number of hydrogen-bond donors (Lipinski definition) is 1. The van der Waals surface area contributed by atoms with Gasteiger partial charge in [0.25, 0.3) is 0 Å². The fraction of sp³-hybridized carbons (Fsp3) is 0.722. The van der Waals surface area contributed by atoms with Gasteiger partial charge in [-0.05, 0) is 46.0 Å². The van der Waals surface area contributed by atoms with Gasteiger partial charge in [-0.25, -0.2) is 4.79 Å². The normalized spacial score (nSPS) is 27.8. The molecule has 132 valence electrons. The molecule has 24 heavy (non-hydrogen) atoms. The molecule has 4 unspecified atom stereocenters. The van der Waals surface area contributed by atoms with E-state index in [1.165, 1.54) is 0 Å². The second-order valence-electron chi connectivity index (χ2n) is 7.38. The Balaban J connectivity index is 1.92. The molecule has 0 spiro atoms. The van der Waals surface area contributed by atoms with Crippen LogP contribution in [-0.2, 0) is 16.6 Å². The van der Waals surface area contributed by atoms with Gasteiger partial charge in [-0.15, -0.1) is 0 Å². The number of carboxylic acids is 1. The summed E-state index contributed by atoms with van der Waals surface area (Å²) in [5.41, 5.74) is 2.76. The van der Waals surface area contributed by atoms with Crippen molar-refractivity contribution in [3.05, 3.63) is 17.0 Å². The molecule has 1 aromatic heterocycles. The van der Waals surface area contributed by atoms with Gasteiger partial charge in [-0.3, -0.25) is 9.48 Å². The molecule has 2 aliphatic rings. The first-order valence-corrected chi connectivity index (χ1v) is 8.88. The number of aryl methyl sites for hydroxylation is 2. The van der Waals surface area contributed by atoms with Crippen LogP contribution in [0.25, 0.3) is 0 Å². The Bertz CT molecular complexity index is 667. The highest BCUT2D eigenvalue weighted by Crippen LogP contribution is 2.41. The summed E-state index contributed by atoms with van der Waals surface area (Å²) >= 11 is 0. The van der Waals surface area contributed by atoms with Crippen LogP contribution in [0.15, 0.2) is 0 Å². The maximum Gasteiger partial charge on any atom is 0.326 e. The second kappa shape index (κ2) is 6.22. The number of carbonyl (C=O) groups excluding carboxylic acids is 1. The smallest absolute Gasteiger partial charge is 0.326 e. The van der Waals surface area contributed by atoms with Gasteiger partial charge in [0.05, 0.1) is 11.6 Å². The van der Waals surface area contributed by atoms with Crippen molar-refractivity contribution < 1.29 is 14.7 Å². The number of aliphatic carboxylic acids is 1. The van der Waals surface area contributed by atoms with Crippen LogP contribution in [0.3, 0.4) is 0 Å². The van der Waals surface area contributed by atoms with Gasteiger partial charge in [-0.1, -0.05) is 12.8 Å². The summed E-state index contributed by atoms with van der Waals surface area (Å²) in [6, 6.07) is -0.586. The Morgan fingerprint density at radius 1 is 1.25 bits per heavy atom. The first kappa shape index (κ1) is 17.0. The van der Waals surface area contributed by atoms with Crippen LogP contribution in [0.2, 0.25) is 0 Å². The highest BCUT2D eigenvalue weighted by molar-refractivity contribution is 5.89. The first-order valence-electron chi connectivity index (χ1n) is 8.88. The van der Waals surface area contributed by atoms with Crippen LogP contribution < -0.4 is 0 Å². The highest BCUT2D eigenvalue weighted by atomic mass is 16.4. The number of carboxylic acid groups (broad SMARTS) is 1. The van der Waals surface area contributed by atoms with Gasteiger partial charge in [0, 0.05) is 24.3 Å². The monoisotopic (exact) mass is 333 g/mol. The van der Waals surface area contributed by atoms with Crippen molar-refractivity contribution in [1.29, 1.82) is 0 Å². The Morgan fingerprint density at radius 3 is 2.50 bits per heavy atom. The van der Waals surface area contributed by atoms with Crippen molar-refractivity contribution in [1.82, 2.24) is 14.7 Å². The average molecular weight is 333 g/mol. The van der Waals surface area contributed by atoms with Crippen molar-refractivity contribution in [2.45, 2.75) is 70.9 Å². The number of aromatic nitrogens is 2. The molecule has 4 atom stereocenters. The molecule has 2 heterocycles. The lowest BCUT2D eigenvalue weighted by atomic mass is 9.84. The molecule has 1 aliphatic carbocycles. The van der Waals surface area contributed by atoms with Gasteiger partial charge in [0.1, 0.15) is 6.04 Å². The van der Waals surface area contributed by atoms with E-state index in [2.05, 4.69) is 5.10 Å². The van der Waals surface area contributed by atoms with E-state index in [-0.39, 0.29) is 17.9 Å². The third kappa shape index (κ3) is 2.62. The lowest BCUT2D eigenvalue weighted by molar-refractivity contribution is -0.150. The fourth-order valence-corrected chi connectivity index (χ4v) is 4.76. The minimum Gasteiger partial charge on any atom is -0.480 e. The Hall–Kier alpha value is -1.85. The summed E-state index contributed by atoms with van der Waals surface area (Å²) in [4.78, 5) is 26.7. The number of nitrogens with zero attached hydrogens (tertiary/aromatic N) is 3. The molecule has 1 aromatic rings. The van der Waals surface area contributed by atoms with Crippen molar-refractivity contribution >= 4 is 11.9 Å². The number of carbonyl (C=O) groups is 2. The molecule has 0 aromatic carbocycles. The zero-order chi connectivity index (χ0) is 17.6. The molecule has 3 rings (SSSR count). The molecular weight excluding hydrogens is 306 g/mol. The number of likely N-dealkylation sites (tertiary alicyclic amines) is 1. The molecule has 6 heteroatoms. The van der Waals surface area contributed by atoms with Crippen LogP contribution in [0.5, 0.6) is 0 Å². The molecule has 6 nitrogen and oxygen atoms in total. The predicted molar refractivity (Wildman–Crippen MR) is 89.7 cm³/mol. The molecule has 0 radical (unpaired) electrons. The third-order valence-electron chi connectivity index (χ3n) is 6.00. The van der Waals surface area contributed by atoms with Crippen molar-refractivity contribution in [2.75, 3.05) is 0 Å². The van der Waals surface area contributed by atoms with Gasteiger partial charge in [-0.2, -0.15) is 5.10 Å². The number of fused-ring (bicyclic) bond motifs is 1. The van der Waals surface area contributed by atoms with Gasteiger partial charge in [0.2, 0.25) is 5.91 Å². The number of hydrogen-bond acceptors (Lipinski definition) is 3. The van der Waals surface area contributed by atoms with Crippen LogP contribution in [0.1, 0.15) is 61.9 Å². The standard InChI is InChI=1S/C18H27N3O3/c1-10(16-11(2)19-20(4)12(16)3)17(22)21-14-8-6-5-7-13(14)9-15(21)18(23)24/h10,13-15H,5-9H2,1-4H3,(H,23,24). The first-order chi connectivity index (χ1) is 11.3. The van der Waals surface area contributed by atoms with Crippen LogP contribution in [0.4, 0.5) is 0 Å². The Labute approximate surface area is 142 Å². The summed E-state index contributed by atoms with van der Waals surface area (Å²) in [7, 11) is 1.87. The van der Waals surface area contributed by atoms with Gasteiger partial charge < -0.3 is 10.0 Å². The molecule has 0 bridgehead atoms. The van der Waals surface area contributed by atoms with E-state index in [0.29, 0.717) is 12.3 Å². The summed E-state index contributed by atoms with van der Waals surface area (Å²) in [5, 5.41) is 14.0. The van der Waals surface area contributed by atoms with E-state index in [4.69, 9.17) is 0 Å². The molecular formula is C18H27N3O3. The fourth-order valence-electron chi connectivity index (χ4n) is 4.76. The summed E-state index contributed by atoms with van der Waals surface area (Å²) in [5.74, 6) is -0.950. The van der Waals surface area contributed by atoms with Crippen molar-refractivity contribution in [3.63, 3.8) is 0 Å². The Kier molecular flexibility index (Phi) is 4.40. The third-order valence-corrected chi connectivity index (χ3v) is 6.00. The van der Waals surface area contributed by atoms with E-state index >= 15 is 0 Å². The summed E-state index contributed by atoms with van der Waals surface area (Å²) in [6.45, 7) is 5.75. The lowest BCUT2D eigenvalue weighted by Gasteiger charge is -2.34. The maximum atomic E-state index is 13.3. The van der Waals surface area contributed by atoms with E-state index in [9.17, 15) is 14.7 Å². The highest BCUT2D eigenvalue weighted by Gasteiger charge is 2.48. The zero-order valence-corrected chi connectivity index (χ0v) is 15.0. The van der Waals surface area contributed by atoms with Crippen LogP contribution in [0, 0.1) is 19.8 Å². The van der Waals surface area contributed by atoms with Crippen molar-refractivity contribution in [3.8, 4) is 0 Å². The largest absolute Gasteiger partial charge is 0.480 e. The molecule has 1 saturated heterocycles. The Morgan fingerprint density at radius 2 is 1.92 bits per heavy atom. The molecule has 1 aliphatic heterocycles. The van der Waals surface area contributed by atoms with E-state index in [0.717, 1.165) is 42.6 Å². The topological polar surface area (TPSA) is 75.4 Å². The quantitative estimate of drug-likeness (QED) is 0.921. The zero-order valence-electron chi connectivity index (χ0n) is 15.0. The average Bonchev–Trinajstić information content (AvgIpc) is 3.04. The predicted octanol–water partition coefficient (Wildman–Crippen LogP) is 2.38. The SMILES string of the molecule is Cc1nn(C)c(C)c1C(C)C(=O)N1C(C(=O)O)CC2CCCCC21. The summed E-state index contributed by atoms with van der Waals surface area (Å²) in [6.07, 6.45) is 4.79. The lowest BCUT2D eigenvalue weighted by Crippen LogP contribution is -2.47. The van der Waals surface area contributed by atoms with E-state index in [1.807, 2.05) is 27.8 Å². The summed E-state index contributed by atoms with van der Waals surface area (Å²) < 4.78 is 1.79. The molecule has 1 amide bonds. The van der Waals surface area contributed by atoms with Gasteiger partial charge in [0.15, 0.2) is 0 Å². The molecule has 1 N–H and O–H groups in total. The van der Waals surface area contributed by atoms with Crippen LogP contribution in [-0.4, -0.2) is 43.7 Å². The second-order valence-corrected chi connectivity index (χ2v) is 7.38. The number of amides is 1. The van der Waals surface area contributed by atoms with Crippen LogP contribution >= 0.6 is 0 Å². The minimum absolute atomic E-state index is 0.0593. The minimum atomic E-state index is -0.871. The van der Waals surface area contributed by atoms with E-state index < -0.39 is 12.0 Å². The molecule has 2 fully saturated rings. The van der Waals surface area contributed by atoms with Crippen molar-refractivity contribution in [2.24, 2.45) is 13.0 Å².